The number of carbonyl (C=O) groups is 1. The van der Waals surface area contributed by atoms with E-state index in [9.17, 15) is 4.79 Å². The van der Waals surface area contributed by atoms with Gasteiger partial charge in [0.15, 0.2) is 6.04 Å². The SMILES string of the molecule is CCN(CC)c1ccc(N=N[C@@H]2C(=O)N(c3ccccc3)N=C2C)cc1. The largest absolute Gasteiger partial charge is 0.372 e. The molecule has 1 amide bonds. The van der Waals surface area contributed by atoms with Gasteiger partial charge in [-0.2, -0.15) is 20.3 Å². The van der Waals surface area contributed by atoms with Gasteiger partial charge in [-0.1, -0.05) is 18.2 Å². The molecule has 1 aliphatic heterocycles. The zero-order valence-corrected chi connectivity index (χ0v) is 15.3. The van der Waals surface area contributed by atoms with Crippen LogP contribution in [0.2, 0.25) is 0 Å². The summed E-state index contributed by atoms with van der Waals surface area (Å²) in [5.41, 5.74) is 3.25. The molecule has 0 aromatic heterocycles. The van der Waals surface area contributed by atoms with Crippen LogP contribution in [0.4, 0.5) is 17.1 Å². The fourth-order valence-electron chi connectivity index (χ4n) is 2.89. The van der Waals surface area contributed by atoms with E-state index in [1.54, 1.807) is 6.92 Å². The minimum Gasteiger partial charge on any atom is -0.372 e. The standard InChI is InChI=1S/C20H23N5O/c1-4-24(5-2)17-13-11-16(12-14-17)21-22-19-15(3)23-25(20(19)26)18-9-7-6-8-10-18/h6-14,19H,4-5H2,1-3H3/t19-/m0/s1. The predicted molar refractivity (Wildman–Crippen MR) is 105 cm³/mol. The molecule has 0 radical (unpaired) electrons. The van der Waals surface area contributed by atoms with Gasteiger partial charge < -0.3 is 4.90 Å². The van der Waals surface area contributed by atoms with Gasteiger partial charge in [0.25, 0.3) is 5.91 Å². The maximum Gasteiger partial charge on any atom is 0.280 e. The first kappa shape index (κ1) is 17.8. The molecule has 2 aromatic carbocycles. The van der Waals surface area contributed by atoms with Crippen molar-refractivity contribution in [1.82, 2.24) is 0 Å². The lowest BCUT2D eigenvalue weighted by Gasteiger charge is -2.20. The van der Waals surface area contributed by atoms with Gasteiger partial charge in [0.1, 0.15) is 0 Å². The van der Waals surface area contributed by atoms with Crippen molar-refractivity contribution in [3.63, 3.8) is 0 Å². The van der Waals surface area contributed by atoms with Crippen molar-refractivity contribution in [3.05, 3.63) is 54.6 Å². The van der Waals surface area contributed by atoms with E-state index in [1.807, 2.05) is 54.6 Å². The molecule has 0 spiro atoms. The quantitative estimate of drug-likeness (QED) is 0.725. The highest BCUT2D eigenvalue weighted by molar-refractivity contribution is 6.18. The average Bonchev–Trinajstić information content (AvgIpc) is 2.97. The van der Waals surface area contributed by atoms with E-state index in [-0.39, 0.29) is 5.91 Å². The van der Waals surface area contributed by atoms with Gasteiger partial charge >= 0.3 is 0 Å². The number of rotatable bonds is 6. The second kappa shape index (κ2) is 7.91. The highest BCUT2D eigenvalue weighted by Gasteiger charge is 2.34. The van der Waals surface area contributed by atoms with E-state index in [2.05, 4.69) is 34.1 Å². The smallest absolute Gasteiger partial charge is 0.280 e. The molecule has 0 aliphatic carbocycles. The van der Waals surface area contributed by atoms with Crippen LogP contribution in [0, 0.1) is 0 Å². The Morgan fingerprint density at radius 1 is 1.04 bits per heavy atom. The van der Waals surface area contributed by atoms with Crippen molar-refractivity contribution in [2.24, 2.45) is 15.3 Å². The molecule has 6 heteroatoms. The summed E-state index contributed by atoms with van der Waals surface area (Å²) in [6.45, 7) is 7.97. The molecule has 0 fully saturated rings. The third kappa shape index (κ3) is 3.64. The van der Waals surface area contributed by atoms with Crippen molar-refractivity contribution < 1.29 is 4.79 Å². The Labute approximate surface area is 153 Å². The van der Waals surface area contributed by atoms with Gasteiger partial charge in [-0.05, 0) is 57.2 Å². The molecule has 0 saturated heterocycles. The summed E-state index contributed by atoms with van der Waals surface area (Å²) < 4.78 is 0. The van der Waals surface area contributed by atoms with Crippen LogP contribution < -0.4 is 9.91 Å². The van der Waals surface area contributed by atoms with Gasteiger partial charge in [0, 0.05) is 18.8 Å². The minimum atomic E-state index is -0.669. The molecule has 0 unspecified atom stereocenters. The van der Waals surface area contributed by atoms with Crippen LogP contribution in [-0.4, -0.2) is 30.8 Å². The molecular formula is C20H23N5O. The van der Waals surface area contributed by atoms with E-state index in [0.717, 1.165) is 30.2 Å². The van der Waals surface area contributed by atoms with Crippen molar-refractivity contribution in [2.75, 3.05) is 23.0 Å². The van der Waals surface area contributed by atoms with Crippen LogP contribution in [0.3, 0.4) is 0 Å². The first-order valence-electron chi connectivity index (χ1n) is 8.84. The first-order valence-corrected chi connectivity index (χ1v) is 8.84. The Morgan fingerprint density at radius 2 is 1.69 bits per heavy atom. The lowest BCUT2D eigenvalue weighted by Crippen LogP contribution is -2.29. The van der Waals surface area contributed by atoms with Crippen molar-refractivity contribution >= 4 is 28.7 Å². The van der Waals surface area contributed by atoms with Crippen molar-refractivity contribution in [2.45, 2.75) is 26.8 Å². The number of hydrogen-bond donors (Lipinski definition) is 0. The van der Waals surface area contributed by atoms with Crippen molar-refractivity contribution in [1.29, 1.82) is 0 Å². The summed E-state index contributed by atoms with van der Waals surface area (Å²) in [7, 11) is 0. The number of nitrogens with zero attached hydrogens (tertiary/aromatic N) is 5. The van der Waals surface area contributed by atoms with Crippen LogP contribution >= 0.6 is 0 Å². The zero-order chi connectivity index (χ0) is 18.5. The summed E-state index contributed by atoms with van der Waals surface area (Å²) in [5.74, 6) is -0.183. The maximum absolute atomic E-state index is 12.6. The van der Waals surface area contributed by atoms with E-state index in [1.165, 1.54) is 5.01 Å². The Kier molecular flexibility index (Phi) is 5.41. The van der Waals surface area contributed by atoms with Gasteiger partial charge in [-0.25, -0.2) is 0 Å². The van der Waals surface area contributed by atoms with Crippen LogP contribution in [0.15, 0.2) is 69.9 Å². The second-order valence-corrected chi connectivity index (χ2v) is 6.03. The van der Waals surface area contributed by atoms with Crippen LogP contribution in [-0.2, 0) is 4.79 Å². The summed E-state index contributed by atoms with van der Waals surface area (Å²) in [6.07, 6.45) is 0. The highest BCUT2D eigenvalue weighted by Crippen LogP contribution is 2.24. The van der Waals surface area contributed by atoms with Crippen LogP contribution in [0.1, 0.15) is 20.8 Å². The number of amides is 1. The molecule has 26 heavy (non-hydrogen) atoms. The summed E-state index contributed by atoms with van der Waals surface area (Å²) >= 11 is 0. The maximum atomic E-state index is 12.6. The molecule has 134 valence electrons. The highest BCUT2D eigenvalue weighted by atomic mass is 16.2. The van der Waals surface area contributed by atoms with Gasteiger partial charge in [-0.15, -0.1) is 0 Å². The van der Waals surface area contributed by atoms with Crippen LogP contribution in [0.25, 0.3) is 0 Å². The van der Waals surface area contributed by atoms with E-state index in [4.69, 9.17) is 0 Å². The normalized spacial score (nSPS) is 17.0. The molecule has 0 saturated carbocycles. The Balaban J connectivity index is 1.73. The number of para-hydroxylation sites is 1. The number of carbonyl (C=O) groups excluding carboxylic acids is 1. The van der Waals surface area contributed by atoms with Gasteiger partial charge in [0.05, 0.1) is 17.1 Å². The van der Waals surface area contributed by atoms with Gasteiger partial charge in [0.2, 0.25) is 0 Å². The lowest BCUT2D eigenvalue weighted by atomic mass is 10.2. The molecular weight excluding hydrogens is 326 g/mol. The number of hydrogen-bond acceptors (Lipinski definition) is 5. The third-order valence-corrected chi connectivity index (χ3v) is 4.36. The molecule has 1 atom stereocenters. The zero-order valence-electron chi connectivity index (χ0n) is 15.3. The first-order chi connectivity index (χ1) is 12.6. The molecule has 6 nitrogen and oxygen atoms in total. The van der Waals surface area contributed by atoms with E-state index >= 15 is 0 Å². The second-order valence-electron chi connectivity index (χ2n) is 6.03. The topological polar surface area (TPSA) is 60.6 Å². The molecule has 0 N–H and O–H groups in total. The number of benzene rings is 2. The average molecular weight is 349 g/mol. The van der Waals surface area contributed by atoms with E-state index in [0.29, 0.717) is 5.71 Å². The minimum absolute atomic E-state index is 0.183. The molecule has 3 rings (SSSR count). The van der Waals surface area contributed by atoms with Gasteiger partial charge in [-0.3, -0.25) is 4.79 Å². The Morgan fingerprint density at radius 3 is 2.31 bits per heavy atom. The fourth-order valence-corrected chi connectivity index (χ4v) is 2.89. The van der Waals surface area contributed by atoms with E-state index < -0.39 is 6.04 Å². The monoisotopic (exact) mass is 349 g/mol. The molecule has 2 aromatic rings. The number of hydrazone groups is 1. The van der Waals surface area contributed by atoms with Crippen LogP contribution in [0.5, 0.6) is 0 Å². The number of azo groups is 1. The summed E-state index contributed by atoms with van der Waals surface area (Å²) in [4.78, 5) is 14.9. The van der Waals surface area contributed by atoms with Crippen molar-refractivity contribution in [3.8, 4) is 0 Å². The Bertz CT molecular complexity index is 810. The number of anilines is 2. The predicted octanol–water partition coefficient (Wildman–Crippen LogP) is 4.41. The third-order valence-electron chi connectivity index (χ3n) is 4.36. The lowest BCUT2D eigenvalue weighted by molar-refractivity contribution is -0.117. The molecule has 0 bridgehead atoms. The molecule has 1 aliphatic rings. The molecule has 1 heterocycles. The summed E-state index contributed by atoms with van der Waals surface area (Å²) in [5, 5.41) is 14.2. The summed E-state index contributed by atoms with van der Waals surface area (Å²) in [6, 6.07) is 16.6. The Hall–Kier alpha value is -3.02. The fraction of sp³-hybridized carbons (Fsp3) is 0.300.